The van der Waals surface area contributed by atoms with Gasteiger partial charge in [0.1, 0.15) is 5.75 Å². The molecule has 0 heterocycles. The van der Waals surface area contributed by atoms with Crippen LogP contribution in [0.5, 0.6) is 5.75 Å². The molecule has 0 radical (unpaired) electrons. The third-order valence-electron chi connectivity index (χ3n) is 3.07. The van der Waals surface area contributed by atoms with Crippen LogP contribution < -0.4 is 15.5 Å². The number of nitrogens with zero attached hydrogens (tertiary/aromatic N) is 1. The molecule has 0 fully saturated rings. The van der Waals surface area contributed by atoms with Crippen LogP contribution >= 0.6 is 23.8 Å². The average molecular weight is 360 g/mol. The summed E-state index contributed by atoms with van der Waals surface area (Å²) >= 11 is 11.0. The fourth-order valence-corrected chi connectivity index (χ4v) is 2.09. The summed E-state index contributed by atoms with van der Waals surface area (Å²) in [6.45, 7) is 1.89. The second-order valence-electron chi connectivity index (χ2n) is 4.93. The zero-order chi connectivity index (χ0) is 17.4. The summed E-state index contributed by atoms with van der Waals surface area (Å²) in [6, 6.07) is 15.0. The van der Waals surface area contributed by atoms with Gasteiger partial charge in [-0.3, -0.25) is 5.43 Å². The molecule has 0 spiro atoms. The molecule has 4 nitrogen and oxygen atoms in total. The summed E-state index contributed by atoms with van der Waals surface area (Å²) in [5.41, 5.74) is 5.51. The highest BCUT2D eigenvalue weighted by Gasteiger charge is 1.96. The predicted octanol–water partition coefficient (Wildman–Crippen LogP) is 4.72. The molecular formula is C18H18ClN3OS. The molecule has 124 valence electrons. The first-order valence-electron chi connectivity index (χ1n) is 7.26. The van der Waals surface area contributed by atoms with E-state index in [0.29, 0.717) is 10.1 Å². The lowest BCUT2D eigenvalue weighted by molar-refractivity contribution is 0.415. The highest BCUT2D eigenvalue weighted by atomic mass is 35.5. The van der Waals surface area contributed by atoms with Crippen molar-refractivity contribution in [3.8, 4) is 5.75 Å². The second kappa shape index (κ2) is 9.05. The molecular weight excluding hydrogens is 342 g/mol. The fourth-order valence-electron chi connectivity index (χ4n) is 1.80. The first-order valence-corrected chi connectivity index (χ1v) is 8.04. The maximum atomic E-state index is 5.84. The summed E-state index contributed by atoms with van der Waals surface area (Å²) in [6.07, 6.45) is 3.87. The summed E-state index contributed by atoms with van der Waals surface area (Å²) in [7, 11) is 1.65. The van der Waals surface area contributed by atoms with Crippen molar-refractivity contribution in [3.63, 3.8) is 0 Å². The number of anilines is 1. The molecule has 0 aromatic heterocycles. The van der Waals surface area contributed by atoms with Crippen LogP contribution in [0.2, 0.25) is 5.02 Å². The molecule has 2 rings (SSSR count). The maximum Gasteiger partial charge on any atom is 0.191 e. The zero-order valence-corrected chi connectivity index (χ0v) is 15.0. The van der Waals surface area contributed by atoms with Gasteiger partial charge in [-0.2, -0.15) is 5.10 Å². The third kappa shape index (κ3) is 6.02. The van der Waals surface area contributed by atoms with E-state index in [1.54, 1.807) is 19.2 Å². The molecule has 2 aromatic carbocycles. The summed E-state index contributed by atoms with van der Waals surface area (Å²) in [5.74, 6) is 0.831. The number of halogens is 1. The molecule has 0 aliphatic carbocycles. The Bertz CT molecular complexity index is 740. The molecule has 0 saturated heterocycles. The summed E-state index contributed by atoms with van der Waals surface area (Å²) < 4.78 is 5.13. The number of hydrogen-bond acceptors (Lipinski definition) is 3. The van der Waals surface area contributed by atoms with Crippen LogP contribution in [-0.4, -0.2) is 17.9 Å². The fraction of sp³-hybridized carbons (Fsp3) is 0.111. The molecule has 2 aromatic rings. The van der Waals surface area contributed by atoms with E-state index in [4.69, 9.17) is 28.6 Å². The van der Waals surface area contributed by atoms with E-state index in [1.807, 2.05) is 55.5 Å². The number of thiocarbonyl (C=S) groups is 1. The SMILES string of the molecule is COc1ccc(/C=C\C(C)=N/NC(=S)Nc2ccc(Cl)cc2)cc1. The highest BCUT2D eigenvalue weighted by molar-refractivity contribution is 7.80. The van der Waals surface area contributed by atoms with Crippen molar-refractivity contribution in [2.45, 2.75) is 6.92 Å². The molecule has 2 N–H and O–H groups in total. The van der Waals surface area contributed by atoms with Gasteiger partial charge in [0.15, 0.2) is 5.11 Å². The van der Waals surface area contributed by atoms with Gasteiger partial charge in [-0.15, -0.1) is 0 Å². The van der Waals surface area contributed by atoms with E-state index in [2.05, 4.69) is 15.8 Å². The number of allylic oxidation sites excluding steroid dienone is 1. The Balaban J connectivity index is 1.86. The van der Waals surface area contributed by atoms with Crippen molar-refractivity contribution in [3.05, 3.63) is 65.2 Å². The number of nitrogens with one attached hydrogen (secondary N) is 2. The van der Waals surface area contributed by atoms with Crippen molar-refractivity contribution in [2.24, 2.45) is 5.10 Å². The van der Waals surface area contributed by atoms with Crippen LogP contribution in [0.3, 0.4) is 0 Å². The molecule has 0 bridgehead atoms. The third-order valence-corrected chi connectivity index (χ3v) is 3.51. The maximum absolute atomic E-state index is 5.84. The Morgan fingerprint density at radius 1 is 1.12 bits per heavy atom. The normalized spacial score (nSPS) is 11.4. The van der Waals surface area contributed by atoms with Crippen molar-refractivity contribution in [1.29, 1.82) is 0 Å². The van der Waals surface area contributed by atoms with Crippen molar-refractivity contribution in [1.82, 2.24) is 5.43 Å². The van der Waals surface area contributed by atoms with E-state index in [9.17, 15) is 0 Å². The zero-order valence-electron chi connectivity index (χ0n) is 13.4. The van der Waals surface area contributed by atoms with Gasteiger partial charge in [0, 0.05) is 10.7 Å². The van der Waals surface area contributed by atoms with Gasteiger partial charge < -0.3 is 10.1 Å². The Hall–Kier alpha value is -2.37. The Morgan fingerprint density at radius 2 is 1.79 bits per heavy atom. The standard InChI is InChI=1S/C18H18ClN3OS/c1-13(3-4-14-5-11-17(23-2)12-6-14)21-22-18(24)20-16-9-7-15(19)8-10-16/h3-12H,1-2H3,(H2,20,22,24)/b4-3-,21-13-. The van der Waals surface area contributed by atoms with Gasteiger partial charge in [-0.05, 0) is 67.2 Å². The van der Waals surface area contributed by atoms with Crippen LogP contribution in [0, 0.1) is 0 Å². The predicted molar refractivity (Wildman–Crippen MR) is 106 cm³/mol. The quantitative estimate of drug-likeness (QED) is 0.460. The smallest absolute Gasteiger partial charge is 0.191 e. The summed E-state index contributed by atoms with van der Waals surface area (Å²) in [5, 5.41) is 8.33. The summed E-state index contributed by atoms with van der Waals surface area (Å²) in [4.78, 5) is 0. The Kier molecular flexibility index (Phi) is 6.78. The molecule has 0 saturated carbocycles. The molecule has 0 unspecified atom stereocenters. The number of hydrazone groups is 1. The monoisotopic (exact) mass is 359 g/mol. The number of methoxy groups -OCH3 is 1. The molecule has 0 aliphatic heterocycles. The van der Waals surface area contributed by atoms with E-state index >= 15 is 0 Å². The molecule has 0 amide bonds. The Labute approximate surface area is 152 Å². The van der Waals surface area contributed by atoms with E-state index in [1.165, 1.54) is 0 Å². The first kappa shape index (κ1) is 18.0. The number of ether oxygens (including phenoxy) is 1. The molecule has 24 heavy (non-hydrogen) atoms. The minimum Gasteiger partial charge on any atom is -0.497 e. The van der Waals surface area contributed by atoms with E-state index < -0.39 is 0 Å². The lowest BCUT2D eigenvalue weighted by Crippen LogP contribution is -2.24. The highest BCUT2D eigenvalue weighted by Crippen LogP contribution is 2.13. The molecule has 0 atom stereocenters. The van der Waals surface area contributed by atoms with Gasteiger partial charge in [-0.1, -0.05) is 29.8 Å². The minimum absolute atomic E-state index is 0.412. The lowest BCUT2D eigenvalue weighted by Gasteiger charge is -2.07. The van der Waals surface area contributed by atoms with Crippen molar-refractivity contribution >= 4 is 46.4 Å². The number of rotatable bonds is 5. The van der Waals surface area contributed by atoms with Crippen LogP contribution in [0.15, 0.2) is 59.7 Å². The van der Waals surface area contributed by atoms with E-state index in [-0.39, 0.29) is 0 Å². The lowest BCUT2D eigenvalue weighted by atomic mass is 10.2. The van der Waals surface area contributed by atoms with Crippen LogP contribution in [0.25, 0.3) is 6.08 Å². The molecule has 0 aliphatic rings. The van der Waals surface area contributed by atoms with Gasteiger partial charge in [0.2, 0.25) is 0 Å². The number of hydrogen-bond donors (Lipinski definition) is 2. The average Bonchev–Trinajstić information content (AvgIpc) is 2.60. The van der Waals surface area contributed by atoms with E-state index in [0.717, 1.165) is 22.7 Å². The van der Waals surface area contributed by atoms with Crippen molar-refractivity contribution in [2.75, 3.05) is 12.4 Å². The van der Waals surface area contributed by atoms with Crippen LogP contribution in [0.1, 0.15) is 12.5 Å². The van der Waals surface area contributed by atoms with Gasteiger partial charge in [0.25, 0.3) is 0 Å². The van der Waals surface area contributed by atoms with Gasteiger partial charge >= 0.3 is 0 Å². The number of benzene rings is 2. The van der Waals surface area contributed by atoms with Crippen LogP contribution in [-0.2, 0) is 0 Å². The second-order valence-corrected chi connectivity index (χ2v) is 5.78. The van der Waals surface area contributed by atoms with Gasteiger partial charge in [0.05, 0.1) is 12.8 Å². The first-order chi connectivity index (χ1) is 11.6. The van der Waals surface area contributed by atoms with Gasteiger partial charge in [-0.25, -0.2) is 0 Å². The minimum atomic E-state index is 0.412. The topological polar surface area (TPSA) is 45.6 Å². The van der Waals surface area contributed by atoms with Crippen LogP contribution in [0.4, 0.5) is 5.69 Å². The largest absolute Gasteiger partial charge is 0.497 e. The molecule has 6 heteroatoms. The van der Waals surface area contributed by atoms with Crippen molar-refractivity contribution < 1.29 is 4.74 Å². The Morgan fingerprint density at radius 3 is 2.42 bits per heavy atom.